The molecule has 4 amide bonds. The Morgan fingerprint density at radius 1 is 1.15 bits per heavy atom. The first kappa shape index (κ1) is 19.2. The van der Waals surface area contributed by atoms with Crippen LogP contribution in [0.1, 0.15) is 37.7 Å². The summed E-state index contributed by atoms with van der Waals surface area (Å²) in [6.45, 7) is -0.317. The number of nitrogens with one attached hydrogen (secondary N) is 2. The number of amides is 4. The van der Waals surface area contributed by atoms with E-state index in [4.69, 9.17) is 0 Å². The number of urea groups is 1. The van der Waals surface area contributed by atoms with Gasteiger partial charge in [0.1, 0.15) is 0 Å². The van der Waals surface area contributed by atoms with E-state index in [0.29, 0.717) is 23.3 Å². The van der Waals surface area contributed by atoms with E-state index in [1.54, 1.807) is 35.6 Å². The lowest BCUT2D eigenvalue weighted by Crippen LogP contribution is -2.70. The normalized spacial score (nSPS) is 24.0. The van der Waals surface area contributed by atoms with Crippen molar-refractivity contribution in [1.29, 1.82) is 0 Å². The molecule has 1 aliphatic carbocycles. The number of hydrogen-bond donors (Lipinski definition) is 2. The van der Waals surface area contributed by atoms with Gasteiger partial charge in [0.15, 0.2) is 0 Å². The van der Waals surface area contributed by atoms with Crippen LogP contribution in [0.2, 0.25) is 0 Å². The number of imide groups is 1. The Morgan fingerprint density at radius 2 is 1.78 bits per heavy atom. The van der Waals surface area contributed by atoms with E-state index in [2.05, 4.69) is 0 Å². The van der Waals surface area contributed by atoms with Gasteiger partial charge in [0, 0.05) is 5.92 Å². The molecule has 1 unspecified atom stereocenters. The predicted molar refractivity (Wildman–Crippen MR) is 89.0 cm³/mol. The number of hydrogen-bond acceptors (Lipinski definition) is 3. The molecule has 3 rings (SSSR count). The highest BCUT2D eigenvalue weighted by Crippen LogP contribution is 2.35. The molecule has 27 heavy (non-hydrogen) atoms. The van der Waals surface area contributed by atoms with E-state index < -0.39 is 35.6 Å². The molecular weight excluding hydrogens is 363 g/mol. The van der Waals surface area contributed by atoms with Crippen molar-refractivity contribution in [2.75, 3.05) is 0 Å². The number of carbonyl (C=O) groups excluding carboxylic acids is 3. The molecule has 146 valence electrons. The summed E-state index contributed by atoms with van der Waals surface area (Å²) in [5.74, 6) is -2.97. The minimum Gasteiger partial charge on any atom is -0.318 e. The van der Waals surface area contributed by atoms with Gasteiger partial charge in [0.25, 0.3) is 11.6 Å². The van der Waals surface area contributed by atoms with Crippen LogP contribution in [-0.4, -0.2) is 34.6 Å². The van der Waals surface area contributed by atoms with Crippen molar-refractivity contribution in [3.05, 3.63) is 35.9 Å². The summed E-state index contributed by atoms with van der Waals surface area (Å²) in [5.41, 5.74) is -2.93. The minimum absolute atomic E-state index is 0.317. The molecule has 1 saturated carbocycles. The molecule has 1 atom stereocenters. The first-order chi connectivity index (χ1) is 12.7. The summed E-state index contributed by atoms with van der Waals surface area (Å²) < 4.78 is 41.4. The van der Waals surface area contributed by atoms with Gasteiger partial charge in [-0.3, -0.25) is 19.8 Å². The summed E-state index contributed by atoms with van der Waals surface area (Å²) in [5, 5.41) is 3.49. The van der Waals surface area contributed by atoms with Gasteiger partial charge in [0.05, 0.1) is 6.54 Å². The Morgan fingerprint density at radius 3 is 2.37 bits per heavy atom. The van der Waals surface area contributed by atoms with Crippen molar-refractivity contribution in [2.45, 2.75) is 50.5 Å². The fourth-order valence-electron chi connectivity index (χ4n) is 3.48. The molecule has 2 aliphatic rings. The summed E-state index contributed by atoms with van der Waals surface area (Å²) in [6, 6.07) is 7.00. The fourth-order valence-corrected chi connectivity index (χ4v) is 3.48. The molecule has 9 heteroatoms. The Hall–Kier alpha value is -2.58. The van der Waals surface area contributed by atoms with Crippen LogP contribution in [0.25, 0.3) is 0 Å². The zero-order valence-corrected chi connectivity index (χ0v) is 14.5. The lowest BCUT2D eigenvalue weighted by Gasteiger charge is -2.32. The van der Waals surface area contributed by atoms with Crippen LogP contribution in [0.5, 0.6) is 0 Å². The third kappa shape index (κ3) is 3.63. The molecule has 2 N–H and O–H groups in total. The zero-order valence-electron chi connectivity index (χ0n) is 14.5. The number of rotatable bonds is 4. The Kier molecular flexibility index (Phi) is 5.12. The number of nitrogens with zero attached hydrogens (tertiary/aromatic N) is 1. The molecule has 6 nitrogen and oxygen atoms in total. The van der Waals surface area contributed by atoms with Crippen molar-refractivity contribution in [2.24, 2.45) is 5.92 Å². The minimum atomic E-state index is -5.17. The van der Waals surface area contributed by atoms with Gasteiger partial charge in [-0.2, -0.15) is 13.2 Å². The Balaban J connectivity index is 1.84. The quantitative estimate of drug-likeness (QED) is 0.785. The molecule has 0 spiro atoms. The van der Waals surface area contributed by atoms with Gasteiger partial charge >= 0.3 is 12.2 Å². The fraction of sp³-hybridized carbons (Fsp3) is 0.500. The van der Waals surface area contributed by atoms with Crippen LogP contribution in [0, 0.1) is 5.92 Å². The van der Waals surface area contributed by atoms with Crippen LogP contribution >= 0.6 is 0 Å². The lowest BCUT2D eigenvalue weighted by atomic mass is 9.88. The zero-order chi connectivity index (χ0) is 19.7. The van der Waals surface area contributed by atoms with Crippen molar-refractivity contribution in [1.82, 2.24) is 15.5 Å². The van der Waals surface area contributed by atoms with Crippen molar-refractivity contribution >= 4 is 17.8 Å². The maximum atomic E-state index is 13.8. The van der Waals surface area contributed by atoms with Gasteiger partial charge in [-0.15, -0.1) is 0 Å². The second-order valence-electron chi connectivity index (χ2n) is 6.88. The van der Waals surface area contributed by atoms with Gasteiger partial charge in [-0.25, -0.2) is 4.79 Å². The van der Waals surface area contributed by atoms with E-state index >= 15 is 0 Å². The second-order valence-corrected chi connectivity index (χ2v) is 6.88. The van der Waals surface area contributed by atoms with Gasteiger partial charge in [-0.1, -0.05) is 49.6 Å². The van der Waals surface area contributed by atoms with Gasteiger partial charge < -0.3 is 5.32 Å². The molecule has 0 radical (unpaired) electrons. The van der Waals surface area contributed by atoms with Crippen LogP contribution in [-0.2, 0) is 16.1 Å². The molecule has 1 aromatic carbocycles. The highest BCUT2D eigenvalue weighted by molar-refractivity contribution is 6.09. The summed E-state index contributed by atoms with van der Waals surface area (Å²) in [6.07, 6.45) is -1.81. The highest BCUT2D eigenvalue weighted by Gasteiger charge is 2.68. The molecule has 0 aromatic heterocycles. The molecule has 1 saturated heterocycles. The van der Waals surface area contributed by atoms with Crippen molar-refractivity contribution in [3.63, 3.8) is 0 Å². The van der Waals surface area contributed by atoms with Gasteiger partial charge in [0.2, 0.25) is 5.91 Å². The van der Waals surface area contributed by atoms with Crippen LogP contribution in [0.15, 0.2) is 30.3 Å². The topological polar surface area (TPSA) is 78.5 Å². The third-order valence-corrected chi connectivity index (χ3v) is 5.00. The van der Waals surface area contributed by atoms with Crippen LogP contribution in [0.4, 0.5) is 18.0 Å². The Labute approximate surface area is 154 Å². The highest BCUT2D eigenvalue weighted by atomic mass is 19.4. The number of carbonyl (C=O) groups is 3. The lowest BCUT2D eigenvalue weighted by molar-refractivity contribution is -0.205. The monoisotopic (exact) mass is 383 g/mol. The van der Waals surface area contributed by atoms with Crippen molar-refractivity contribution < 1.29 is 27.6 Å². The molecule has 1 aliphatic heterocycles. The summed E-state index contributed by atoms with van der Waals surface area (Å²) >= 11 is 0. The first-order valence-corrected chi connectivity index (χ1v) is 8.81. The van der Waals surface area contributed by atoms with Crippen LogP contribution in [0.3, 0.4) is 0 Å². The molecule has 1 heterocycles. The first-order valence-electron chi connectivity index (χ1n) is 8.81. The maximum absolute atomic E-state index is 13.8. The van der Waals surface area contributed by atoms with E-state index in [1.165, 1.54) is 0 Å². The van der Waals surface area contributed by atoms with E-state index in [0.717, 1.165) is 19.3 Å². The molecule has 0 bridgehead atoms. The number of alkyl halides is 3. The van der Waals surface area contributed by atoms with E-state index in [-0.39, 0.29) is 6.54 Å². The van der Waals surface area contributed by atoms with Crippen molar-refractivity contribution in [3.8, 4) is 0 Å². The Bertz CT molecular complexity index is 732. The predicted octanol–water partition coefficient (Wildman–Crippen LogP) is 2.69. The van der Waals surface area contributed by atoms with Crippen LogP contribution < -0.4 is 10.6 Å². The maximum Gasteiger partial charge on any atom is 0.440 e. The standard InChI is InChI=1S/C18H20F3N3O3/c19-18(20,21)17(22-14(25)13-9-5-2-6-10-13)15(26)24(16(27)23-17)11-12-7-3-1-4-8-12/h1,3-4,7-8,13H,2,5-6,9-11H2,(H,22,25)(H,23,27). The van der Waals surface area contributed by atoms with E-state index in [1.807, 2.05) is 5.32 Å². The average Bonchev–Trinajstić information content (AvgIpc) is 2.88. The SMILES string of the molecule is O=C(NC1(C(F)(F)F)NC(=O)N(Cc2ccccc2)C1=O)C1CCCCC1. The largest absolute Gasteiger partial charge is 0.440 e. The molecular formula is C18H20F3N3O3. The molecule has 2 fully saturated rings. The summed E-state index contributed by atoms with van der Waals surface area (Å²) in [4.78, 5) is 37.6. The number of halogens is 3. The van der Waals surface area contributed by atoms with Gasteiger partial charge in [-0.05, 0) is 18.4 Å². The average molecular weight is 383 g/mol. The summed E-state index contributed by atoms with van der Waals surface area (Å²) in [7, 11) is 0. The number of benzene rings is 1. The smallest absolute Gasteiger partial charge is 0.318 e. The third-order valence-electron chi connectivity index (χ3n) is 5.00. The molecule has 1 aromatic rings. The van der Waals surface area contributed by atoms with E-state index in [9.17, 15) is 27.6 Å². The second kappa shape index (κ2) is 7.21.